The van der Waals surface area contributed by atoms with Gasteiger partial charge in [0, 0.05) is 27.4 Å². The highest BCUT2D eigenvalue weighted by Gasteiger charge is 2.17. The Bertz CT molecular complexity index is 2100. The van der Waals surface area contributed by atoms with Gasteiger partial charge in [-0.15, -0.1) is 0 Å². The molecule has 0 aliphatic carbocycles. The van der Waals surface area contributed by atoms with Crippen LogP contribution in [0.5, 0.6) is 0 Å². The predicted molar refractivity (Wildman–Crippen MR) is 148 cm³/mol. The van der Waals surface area contributed by atoms with Crippen molar-refractivity contribution in [1.82, 2.24) is 18.9 Å². The van der Waals surface area contributed by atoms with Crippen LogP contribution >= 0.6 is 0 Å². The van der Waals surface area contributed by atoms with Crippen molar-refractivity contribution in [3.8, 4) is 17.1 Å². The molecular formula is C32H20N4. The van der Waals surface area contributed by atoms with Gasteiger partial charge in [-0.2, -0.15) is 0 Å². The monoisotopic (exact) mass is 460 g/mol. The zero-order chi connectivity index (χ0) is 23.6. The van der Waals surface area contributed by atoms with E-state index in [2.05, 4.69) is 112 Å². The van der Waals surface area contributed by atoms with Crippen LogP contribution in [0, 0.1) is 0 Å². The Hall–Kier alpha value is -4.96. The van der Waals surface area contributed by atoms with Crippen LogP contribution in [-0.4, -0.2) is 18.9 Å². The minimum absolute atomic E-state index is 0.899. The molecule has 0 bridgehead atoms. The minimum atomic E-state index is 0.899. The van der Waals surface area contributed by atoms with Gasteiger partial charge < -0.3 is 4.57 Å². The lowest BCUT2D eigenvalue weighted by molar-refractivity contribution is 1.16. The van der Waals surface area contributed by atoms with Gasteiger partial charge in [0.15, 0.2) is 0 Å². The third-order valence-corrected chi connectivity index (χ3v) is 7.09. The van der Waals surface area contributed by atoms with Crippen LogP contribution in [0.15, 0.2) is 121 Å². The van der Waals surface area contributed by atoms with Gasteiger partial charge in [-0.3, -0.25) is 4.40 Å². The molecular weight excluding hydrogens is 440 g/mol. The smallest absolute Gasteiger partial charge is 0.149 e. The molecule has 0 N–H and O–H groups in total. The number of para-hydroxylation sites is 5. The first-order chi connectivity index (χ1) is 17.9. The van der Waals surface area contributed by atoms with Crippen molar-refractivity contribution in [2.24, 2.45) is 0 Å². The topological polar surface area (TPSA) is 35.1 Å². The molecule has 5 aromatic carbocycles. The lowest BCUT2D eigenvalue weighted by Crippen LogP contribution is -1.98. The summed E-state index contributed by atoms with van der Waals surface area (Å²) in [5.74, 6) is 0.899. The lowest BCUT2D eigenvalue weighted by atomic mass is 10.1. The van der Waals surface area contributed by atoms with Crippen LogP contribution in [0.4, 0.5) is 0 Å². The second-order valence-corrected chi connectivity index (χ2v) is 9.13. The molecule has 0 atom stereocenters. The third-order valence-electron chi connectivity index (χ3n) is 7.09. The molecule has 0 unspecified atom stereocenters. The van der Waals surface area contributed by atoms with Crippen LogP contribution in [-0.2, 0) is 0 Å². The summed E-state index contributed by atoms with van der Waals surface area (Å²) >= 11 is 0. The Morgan fingerprint density at radius 3 is 2.00 bits per heavy atom. The quantitative estimate of drug-likeness (QED) is 0.264. The number of rotatable bonds is 2. The van der Waals surface area contributed by atoms with Crippen molar-refractivity contribution in [1.29, 1.82) is 0 Å². The van der Waals surface area contributed by atoms with Crippen molar-refractivity contribution >= 4 is 49.4 Å². The lowest BCUT2D eigenvalue weighted by Gasteiger charge is -2.10. The fourth-order valence-electron chi connectivity index (χ4n) is 5.51. The fourth-order valence-corrected chi connectivity index (χ4v) is 5.51. The van der Waals surface area contributed by atoms with Gasteiger partial charge in [-0.1, -0.05) is 60.7 Å². The van der Waals surface area contributed by atoms with Crippen molar-refractivity contribution in [3.63, 3.8) is 0 Å². The zero-order valence-electron chi connectivity index (χ0n) is 19.3. The maximum absolute atomic E-state index is 5.16. The highest BCUT2D eigenvalue weighted by molar-refractivity contribution is 6.10. The Labute approximate surface area is 206 Å². The summed E-state index contributed by atoms with van der Waals surface area (Å²) in [7, 11) is 0. The fraction of sp³-hybridized carbons (Fsp3) is 0. The van der Waals surface area contributed by atoms with Crippen molar-refractivity contribution < 1.29 is 0 Å². The number of fused-ring (bicyclic) bond motifs is 8. The molecule has 0 saturated carbocycles. The second kappa shape index (κ2) is 7.27. The predicted octanol–water partition coefficient (Wildman–Crippen LogP) is 7.80. The first kappa shape index (κ1) is 19.4. The highest BCUT2D eigenvalue weighted by atomic mass is 15.1. The Balaban J connectivity index is 1.49. The number of imidazole rings is 1. The van der Waals surface area contributed by atoms with Crippen LogP contribution in [0.2, 0.25) is 0 Å². The van der Waals surface area contributed by atoms with Crippen molar-refractivity contribution in [2.75, 3.05) is 0 Å². The van der Waals surface area contributed by atoms with Gasteiger partial charge >= 0.3 is 0 Å². The van der Waals surface area contributed by atoms with E-state index in [9.17, 15) is 0 Å². The molecule has 168 valence electrons. The highest BCUT2D eigenvalue weighted by Crippen LogP contribution is 2.36. The molecule has 0 fully saturated rings. The molecule has 4 heteroatoms. The summed E-state index contributed by atoms with van der Waals surface area (Å²) in [6, 6.07) is 42.4. The number of benzene rings is 5. The van der Waals surface area contributed by atoms with Crippen molar-refractivity contribution in [3.05, 3.63) is 121 Å². The van der Waals surface area contributed by atoms with Crippen molar-refractivity contribution in [2.45, 2.75) is 0 Å². The number of aromatic nitrogens is 4. The molecule has 0 radical (unpaired) electrons. The molecule has 8 aromatic rings. The van der Waals surface area contributed by atoms with E-state index < -0.39 is 0 Å². The summed E-state index contributed by atoms with van der Waals surface area (Å²) in [4.78, 5) is 10.2. The van der Waals surface area contributed by atoms with Gasteiger partial charge in [-0.25, -0.2) is 9.97 Å². The maximum Gasteiger partial charge on any atom is 0.149 e. The summed E-state index contributed by atoms with van der Waals surface area (Å²) < 4.78 is 4.54. The van der Waals surface area contributed by atoms with Crippen LogP contribution < -0.4 is 0 Å². The average molecular weight is 461 g/mol. The van der Waals surface area contributed by atoms with Crippen LogP contribution in [0.25, 0.3) is 66.5 Å². The average Bonchev–Trinajstić information content (AvgIpc) is 3.49. The van der Waals surface area contributed by atoms with E-state index in [1.165, 1.54) is 21.8 Å². The maximum atomic E-state index is 5.16. The molecule has 0 spiro atoms. The van der Waals surface area contributed by atoms with E-state index in [-0.39, 0.29) is 0 Å². The van der Waals surface area contributed by atoms with Crippen LogP contribution in [0.3, 0.4) is 0 Å². The summed E-state index contributed by atoms with van der Waals surface area (Å²) in [5, 5.41) is 3.49. The first-order valence-corrected chi connectivity index (χ1v) is 12.1. The van der Waals surface area contributed by atoms with E-state index in [4.69, 9.17) is 9.97 Å². The standard InChI is InChI=1S/C32H20N4/c1-2-10-22(11-3-1)35-28-16-8-5-12-23(28)25-20-21(18-19-29(25)35)31-33-26-14-6-4-13-24(26)32-34-27-15-7-9-17-30(27)36(31)32/h1-20H. The van der Waals surface area contributed by atoms with E-state index >= 15 is 0 Å². The van der Waals surface area contributed by atoms with E-state index in [1.54, 1.807) is 0 Å². The molecule has 36 heavy (non-hydrogen) atoms. The van der Waals surface area contributed by atoms with E-state index in [1.807, 2.05) is 18.2 Å². The van der Waals surface area contributed by atoms with Crippen LogP contribution in [0.1, 0.15) is 0 Å². The van der Waals surface area contributed by atoms with Gasteiger partial charge in [0.2, 0.25) is 0 Å². The molecule has 8 rings (SSSR count). The van der Waals surface area contributed by atoms with Gasteiger partial charge in [0.25, 0.3) is 0 Å². The van der Waals surface area contributed by atoms with Gasteiger partial charge in [0.05, 0.1) is 27.6 Å². The van der Waals surface area contributed by atoms with Gasteiger partial charge in [0.1, 0.15) is 11.5 Å². The second-order valence-electron chi connectivity index (χ2n) is 9.13. The normalized spacial score (nSPS) is 11.9. The summed E-state index contributed by atoms with van der Waals surface area (Å²) in [5.41, 5.74) is 8.51. The largest absolute Gasteiger partial charge is 0.309 e. The van der Waals surface area contributed by atoms with E-state index in [0.717, 1.165) is 44.7 Å². The molecule has 0 aliphatic rings. The first-order valence-electron chi connectivity index (χ1n) is 12.1. The zero-order valence-corrected chi connectivity index (χ0v) is 19.3. The molecule has 0 aliphatic heterocycles. The Morgan fingerprint density at radius 2 is 1.14 bits per heavy atom. The minimum Gasteiger partial charge on any atom is -0.309 e. The molecule has 4 nitrogen and oxygen atoms in total. The number of hydrogen-bond donors (Lipinski definition) is 0. The summed E-state index contributed by atoms with van der Waals surface area (Å²) in [6.45, 7) is 0. The third kappa shape index (κ3) is 2.64. The number of nitrogens with zero attached hydrogens (tertiary/aromatic N) is 4. The molecule has 0 amide bonds. The molecule has 0 saturated heterocycles. The SMILES string of the molecule is c1ccc(-n2c3ccccc3c3cc(-c4nc5ccccc5c5nc6ccccc6n45)ccc32)cc1. The Kier molecular flexibility index (Phi) is 3.91. The van der Waals surface area contributed by atoms with Gasteiger partial charge in [-0.05, 0) is 60.7 Å². The van der Waals surface area contributed by atoms with E-state index in [0.29, 0.717) is 0 Å². The number of hydrogen-bond acceptors (Lipinski definition) is 2. The Morgan fingerprint density at radius 1 is 0.472 bits per heavy atom. The molecule has 3 aromatic heterocycles. The molecule has 3 heterocycles. The summed E-state index contributed by atoms with van der Waals surface area (Å²) in [6.07, 6.45) is 0.